The van der Waals surface area contributed by atoms with Crippen LogP contribution >= 0.6 is 0 Å². The summed E-state index contributed by atoms with van der Waals surface area (Å²) in [4.78, 5) is 14.8. The van der Waals surface area contributed by atoms with Crippen LogP contribution in [0.1, 0.15) is 55.7 Å². The first-order valence-electron chi connectivity index (χ1n) is 8.40. The third-order valence-electron chi connectivity index (χ3n) is 4.66. The van der Waals surface area contributed by atoms with Gasteiger partial charge in [-0.3, -0.25) is 4.79 Å². The number of furan rings is 1. The molecule has 1 saturated carbocycles. The minimum atomic E-state index is -0.302. The fourth-order valence-corrected chi connectivity index (χ4v) is 3.18. The number of hydrogen-bond donors (Lipinski definition) is 0. The van der Waals surface area contributed by atoms with E-state index in [-0.39, 0.29) is 29.7 Å². The predicted octanol–water partition coefficient (Wildman–Crippen LogP) is 2.49. The molecule has 0 N–H and O–H groups in total. The molecule has 1 aliphatic heterocycles. The van der Waals surface area contributed by atoms with Crippen LogP contribution in [0.5, 0.6) is 0 Å². The predicted molar refractivity (Wildman–Crippen MR) is 83.2 cm³/mol. The van der Waals surface area contributed by atoms with Gasteiger partial charge in [0.05, 0.1) is 19.5 Å². The van der Waals surface area contributed by atoms with Gasteiger partial charge >= 0.3 is 0 Å². The SMILES string of the molecule is CC(C)c1nnc([C@@H]2COCCN2C(=O)[C@H]2C[C@H]2c2ccco2)o1. The number of rotatable bonds is 4. The van der Waals surface area contributed by atoms with Crippen molar-refractivity contribution >= 4 is 5.91 Å². The lowest BCUT2D eigenvalue weighted by Crippen LogP contribution is -2.44. The van der Waals surface area contributed by atoms with Crippen LogP contribution in [-0.4, -0.2) is 40.8 Å². The highest BCUT2D eigenvalue weighted by Gasteiger charge is 2.49. The lowest BCUT2D eigenvalue weighted by atomic mass is 10.1. The zero-order valence-corrected chi connectivity index (χ0v) is 13.8. The maximum atomic E-state index is 12.9. The van der Waals surface area contributed by atoms with Crippen molar-refractivity contribution in [2.75, 3.05) is 19.8 Å². The summed E-state index contributed by atoms with van der Waals surface area (Å²) < 4.78 is 16.7. The summed E-state index contributed by atoms with van der Waals surface area (Å²) in [6.45, 7) is 5.46. The van der Waals surface area contributed by atoms with Gasteiger partial charge in [0.2, 0.25) is 17.7 Å². The van der Waals surface area contributed by atoms with Crippen LogP contribution in [0.15, 0.2) is 27.2 Å². The zero-order chi connectivity index (χ0) is 16.7. The van der Waals surface area contributed by atoms with Crippen molar-refractivity contribution in [3.63, 3.8) is 0 Å². The van der Waals surface area contributed by atoms with Crippen molar-refractivity contribution < 1.29 is 18.4 Å². The third-order valence-corrected chi connectivity index (χ3v) is 4.66. The highest BCUT2D eigenvalue weighted by Crippen LogP contribution is 2.49. The second-order valence-corrected chi connectivity index (χ2v) is 6.72. The molecule has 0 unspecified atom stereocenters. The Labute approximate surface area is 140 Å². The molecule has 24 heavy (non-hydrogen) atoms. The van der Waals surface area contributed by atoms with Gasteiger partial charge in [-0.2, -0.15) is 0 Å². The summed E-state index contributed by atoms with van der Waals surface area (Å²) in [5.41, 5.74) is 0. The van der Waals surface area contributed by atoms with Crippen LogP contribution in [-0.2, 0) is 9.53 Å². The normalized spacial score (nSPS) is 26.8. The van der Waals surface area contributed by atoms with Crippen molar-refractivity contribution in [1.82, 2.24) is 15.1 Å². The molecule has 3 atom stereocenters. The molecular formula is C17H21N3O4. The van der Waals surface area contributed by atoms with Crippen molar-refractivity contribution in [3.05, 3.63) is 35.9 Å². The van der Waals surface area contributed by atoms with E-state index in [2.05, 4.69) is 10.2 Å². The molecule has 3 heterocycles. The van der Waals surface area contributed by atoms with Crippen LogP contribution in [0.4, 0.5) is 0 Å². The Morgan fingerprint density at radius 2 is 2.25 bits per heavy atom. The van der Waals surface area contributed by atoms with E-state index in [0.717, 1.165) is 12.2 Å². The Morgan fingerprint density at radius 3 is 2.96 bits per heavy atom. The van der Waals surface area contributed by atoms with Crippen LogP contribution in [0.3, 0.4) is 0 Å². The van der Waals surface area contributed by atoms with Gasteiger partial charge in [0.15, 0.2) is 0 Å². The zero-order valence-electron chi connectivity index (χ0n) is 13.8. The molecule has 0 aromatic carbocycles. The lowest BCUT2D eigenvalue weighted by Gasteiger charge is -2.33. The number of carbonyl (C=O) groups excluding carboxylic acids is 1. The number of nitrogens with zero attached hydrogens (tertiary/aromatic N) is 3. The molecular weight excluding hydrogens is 310 g/mol. The summed E-state index contributed by atoms with van der Waals surface area (Å²) in [5, 5.41) is 8.21. The Balaban J connectivity index is 1.50. The topological polar surface area (TPSA) is 81.6 Å². The van der Waals surface area contributed by atoms with E-state index in [0.29, 0.717) is 31.5 Å². The van der Waals surface area contributed by atoms with Gasteiger partial charge < -0.3 is 18.5 Å². The number of amides is 1. The van der Waals surface area contributed by atoms with Gasteiger partial charge in [0.1, 0.15) is 11.8 Å². The standard InChI is InChI=1S/C17H21N3O4/c1-10(2)15-18-19-16(24-15)13-9-22-7-5-20(13)17(21)12-8-11(12)14-4-3-6-23-14/h3-4,6,10-13H,5,7-9H2,1-2H3/t11-,12+,13+/m1/s1. The monoisotopic (exact) mass is 331 g/mol. The fourth-order valence-electron chi connectivity index (χ4n) is 3.18. The quantitative estimate of drug-likeness (QED) is 0.856. The Hall–Kier alpha value is -2.15. The van der Waals surface area contributed by atoms with Gasteiger partial charge in [0.25, 0.3) is 0 Å². The van der Waals surface area contributed by atoms with Gasteiger partial charge in [-0.25, -0.2) is 0 Å². The first-order chi connectivity index (χ1) is 11.6. The first-order valence-corrected chi connectivity index (χ1v) is 8.40. The van der Waals surface area contributed by atoms with E-state index < -0.39 is 0 Å². The van der Waals surface area contributed by atoms with Crippen molar-refractivity contribution in [1.29, 1.82) is 0 Å². The lowest BCUT2D eigenvalue weighted by molar-refractivity contribution is -0.142. The summed E-state index contributed by atoms with van der Waals surface area (Å²) in [6, 6.07) is 3.49. The maximum Gasteiger partial charge on any atom is 0.241 e. The van der Waals surface area contributed by atoms with Crippen LogP contribution < -0.4 is 0 Å². The van der Waals surface area contributed by atoms with Gasteiger partial charge in [-0.05, 0) is 18.6 Å². The Bertz CT molecular complexity index is 709. The van der Waals surface area contributed by atoms with E-state index in [1.807, 2.05) is 30.9 Å². The molecule has 2 aromatic rings. The molecule has 1 saturated heterocycles. The minimum absolute atomic E-state index is 0.0239. The molecule has 128 valence electrons. The first kappa shape index (κ1) is 15.4. The van der Waals surface area contributed by atoms with Crippen LogP contribution in [0.25, 0.3) is 0 Å². The van der Waals surface area contributed by atoms with Gasteiger partial charge in [0, 0.05) is 24.3 Å². The molecule has 1 aliphatic carbocycles. The molecule has 4 rings (SSSR count). The van der Waals surface area contributed by atoms with Crippen molar-refractivity contribution in [2.45, 2.75) is 38.1 Å². The summed E-state index contributed by atoms with van der Waals surface area (Å²) >= 11 is 0. The fraction of sp³-hybridized carbons (Fsp3) is 0.588. The highest BCUT2D eigenvalue weighted by atomic mass is 16.5. The number of morpholine rings is 1. The van der Waals surface area contributed by atoms with E-state index in [4.69, 9.17) is 13.6 Å². The van der Waals surface area contributed by atoms with Crippen molar-refractivity contribution in [3.8, 4) is 0 Å². The number of ether oxygens (including phenoxy) is 1. The number of hydrogen-bond acceptors (Lipinski definition) is 6. The van der Waals surface area contributed by atoms with Crippen LogP contribution in [0.2, 0.25) is 0 Å². The number of aromatic nitrogens is 2. The summed E-state index contributed by atoms with van der Waals surface area (Å²) in [6.07, 6.45) is 2.48. The Morgan fingerprint density at radius 1 is 1.38 bits per heavy atom. The molecule has 1 amide bonds. The molecule has 2 fully saturated rings. The van der Waals surface area contributed by atoms with E-state index in [1.54, 1.807) is 6.26 Å². The largest absolute Gasteiger partial charge is 0.469 e. The summed E-state index contributed by atoms with van der Waals surface area (Å²) in [7, 11) is 0. The van der Waals surface area contributed by atoms with E-state index in [9.17, 15) is 4.79 Å². The van der Waals surface area contributed by atoms with Crippen molar-refractivity contribution in [2.24, 2.45) is 5.92 Å². The average molecular weight is 331 g/mol. The second kappa shape index (κ2) is 6.05. The minimum Gasteiger partial charge on any atom is -0.469 e. The maximum absolute atomic E-state index is 12.9. The van der Waals surface area contributed by atoms with E-state index in [1.165, 1.54) is 0 Å². The highest BCUT2D eigenvalue weighted by molar-refractivity contribution is 5.83. The third kappa shape index (κ3) is 2.73. The molecule has 0 bridgehead atoms. The van der Waals surface area contributed by atoms with Crippen LogP contribution in [0, 0.1) is 5.92 Å². The molecule has 2 aliphatic rings. The molecule has 0 radical (unpaired) electrons. The summed E-state index contributed by atoms with van der Waals surface area (Å²) in [5.74, 6) is 2.37. The molecule has 7 heteroatoms. The second-order valence-electron chi connectivity index (χ2n) is 6.72. The smallest absolute Gasteiger partial charge is 0.241 e. The van der Waals surface area contributed by atoms with E-state index >= 15 is 0 Å². The molecule has 7 nitrogen and oxygen atoms in total. The van der Waals surface area contributed by atoms with Gasteiger partial charge in [-0.1, -0.05) is 13.8 Å². The average Bonchev–Trinajstić information content (AvgIpc) is 3.03. The van der Waals surface area contributed by atoms with Gasteiger partial charge in [-0.15, -0.1) is 10.2 Å². The molecule has 2 aromatic heterocycles. The number of carbonyl (C=O) groups is 1. The molecule has 0 spiro atoms. The Kier molecular flexibility index (Phi) is 3.88.